The lowest BCUT2D eigenvalue weighted by atomic mass is 10.0. The zero-order valence-corrected chi connectivity index (χ0v) is 11.4. The van der Waals surface area contributed by atoms with Gasteiger partial charge in [-0.05, 0) is 54.7 Å². The van der Waals surface area contributed by atoms with Crippen LogP contribution in [0.1, 0.15) is 42.1 Å². The van der Waals surface area contributed by atoms with Gasteiger partial charge >= 0.3 is 0 Å². The highest BCUT2D eigenvalue weighted by molar-refractivity contribution is 5.44. The van der Waals surface area contributed by atoms with E-state index in [0.717, 1.165) is 24.0 Å². The third-order valence-corrected chi connectivity index (χ3v) is 4.07. The van der Waals surface area contributed by atoms with Gasteiger partial charge in [0.05, 0.1) is 0 Å². The lowest BCUT2D eigenvalue weighted by molar-refractivity contribution is 0.464. The van der Waals surface area contributed by atoms with Crippen molar-refractivity contribution in [2.45, 2.75) is 31.8 Å². The van der Waals surface area contributed by atoms with E-state index >= 15 is 0 Å². The minimum absolute atomic E-state index is 0.147. The van der Waals surface area contributed by atoms with Crippen LogP contribution in [-0.2, 0) is 6.42 Å². The Hall–Kier alpha value is -1.87. The molecule has 20 heavy (non-hydrogen) atoms. The Morgan fingerprint density at radius 2 is 1.95 bits per heavy atom. The van der Waals surface area contributed by atoms with Gasteiger partial charge in [-0.3, -0.25) is 0 Å². The first-order valence-electron chi connectivity index (χ1n) is 6.97. The smallest absolute Gasteiger partial charge is 0.123 e. The number of aromatic hydroxyl groups is 1. The number of fused-ring (bicyclic) bond motifs is 1. The first kappa shape index (κ1) is 13.1. The molecule has 0 amide bonds. The largest absolute Gasteiger partial charge is 0.508 e. The van der Waals surface area contributed by atoms with E-state index in [1.54, 1.807) is 6.07 Å². The van der Waals surface area contributed by atoms with Gasteiger partial charge in [0.25, 0.3) is 0 Å². The van der Waals surface area contributed by atoms with Crippen LogP contribution in [0.5, 0.6) is 5.75 Å². The molecule has 104 valence electrons. The van der Waals surface area contributed by atoms with Gasteiger partial charge in [0.1, 0.15) is 11.6 Å². The van der Waals surface area contributed by atoms with Crippen molar-refractivity contribution >= 4 is 0 Å². The van der Waals surface area contributed by atoms with Crippen LogP contribution in [0.2, 0.25) is 0 Å². The van der Waals surface area contributed by atoms with Crippen LogP contribution in [0.4, 0.5) is 4.39 Å². The minimum atomic E-state index is -0.211. The Kier molecular flexibility index (Phi) is 3.45. The number of phenols is 1. The van der Waals surface area contributed by atoms with E-state index in [9.17, 15) is 9.50 Å². The predicted octanol–water partition coefficient (Wildman–Crippen LogP) is 3.87. The van der Waals surface area contributed by atoms with Crippen LogP contribution in [0.15, 0.2) is 42.5 Å². The zero-order valence-electron chi connectivity index (χ0n) is 11.4. The third-order valence-electron chi connectivity index (χ3n) is 4.07. The molecule has 2 N–H and O–H groups in total. The summed E-state index contributed by atoms with van der Waals surface area (Å²) >= 11 is 0. The summed E-state index contributed by atoms with van der Waals surface area (Å²) < 4.78 is 12.9. The van der Waals surface area contributed by atoms with Gasteiger partial charge in [0.2, 0.25) is 0 Å². The van der Waals surface area contributed by atoms with Crippen molar-refractivity contribution in [2.24, 2.45) is 0 Å². The maximum atomic E-state index is 12.9. The Bertz CT molecular complexity index is 609. The third kappa shape index (κ3) is 2.41. The number of nitrogens with one attached hydrogen (secondary N) is 1. The molecule has 0 saturated carbocycles. The fraction of sp³-hybridized carbons (Fsp3) is 0.294. The van der Waals surface area contributed by atoms with Crippen molar-refractivity contribution in [3.05, 3.63) is 65.0 Å². The lowest BCUT2D eigenvalue weighted by Gasteiger charge is -2.21. The van der Waals surface area contributed by atoms with Gasteiger partial charge in [-0.15, -0.1) is 0 Å². The predicted molar refractivity (Wildman–Crippen MR) is 77.1 cm³/mol. The summed E-state index contributed by atoms with van der Waals surface area (Å²) in [4.78, 5) is 0. The van der Waals surface area contributed by atoms with Crippen molar-refractivity contribution in [1.29, 1.82) is 0 Å². The molecule has 0 spiro atoms. The molecule has 0 fully saturated rings. The average Bonchev–Trinajstić information content (AvgIpc) is 2.84. The van der Waals surface area contributed by atoms with Gasteiger partial charge in [0.15, 0.2) is 0 Å². The van der Waals surface area contributed by atoms with Crippen LogP contribution >= 0.6 is 0 Å². The lowest BCUT2D eigenvalue weighted by Crippen LogP contribution is -2.23. The first-order valence-corrected chi connectivity index (χ1v) is 6.97. The SMILES string of the molecule is C[C@H](NC1CCc2c(O)cccc21)c1ccc(F)cc1. The molecule has 2 aromatic rings. The molecule has 2 atom stereocenters. The van der Waals surface area contributed by atoms with E-state index in [4.69, 9.17) is 0 Å². The molecule has 0 saturated heterocycles. The molecule has 1 aliphatic carbocycles. The molecule has 0 radical (unpaired) electrons. The number of benzene rings is 2. The number of hydrogen-bond acceptors (Lipinski definition) is 2. The normalized spacial score (nSPS) is 18.8. The van der Waals surface area contributed by atoms with Crippen LogP contribution in [0.25, 0.3) is 0 Å². The van der Waals surface area contributed by atoms with E-state index < -0.39 is 0 Å². The van der Waals surface area contributed by atoms with Crippen molar-refractivity contribution in [2.75, 3.05) is 0 Å². The Morgan fingerprint density at radius 1 is 1.20 bits per heavy atom. The van der Waals surface area contributed by atoms with Crippen LogP contribution in [0, 0.1) is 5.82 Å². The van der Waals surface area contributed by atoms with Gasteiger partial charge < -0.3 is 10.4 Å². The topological polar surface area (TPSA) is 32.3 Å². The van der Waals surface area contributed by atoms with Gasteiger partial charge in [-0.25, -0.2) is 4.39 Å². The Labute approximate surface area is 118 Å². The molecule has 0 heterocycles. The Balaban J connectivity index is 1.77. The highest BCUT2D eigenvalue weighted by atomic mass is 19.1. The van der Waals surface area contributed by atoms with Crippen molar-refractivity contribution in [3.63, 3.8) is 0 Å². The maximum Gasteiger partial charge on any atom is 0.123 e. The van der Waals surface area contributed by atoms with Crippen molar-refractivity contribution < 1.29 is 9.50 Å². The molecule has 3 heteroatoms. The van der Waals surface area contributed by atoms with E-state index in [1.165, 1.54) is 17.7 Å². The number of hydrogen-bond donors (Lipinski definition) is 2. The number of rotatable bonds is 3. The highest BCUT2D eigenvalue weighted by Crippen LogP contribution is 2.37. The first-order chi connectivity index (χ1) is 9.65. The molecule has 3 rings (SSSR count). The van der Waals surface area contributed by atoms with Crippen molar-refractivity contribution in [1.82, 2.24) is 5.32 Å². The fourth-order valence-electron chi connectivity index (χ4n) is 2.96. The number of halogens is 1. The molecular weight excluding hydrogens is 253 g/mol. The van der Waals surface area contributed by atoms with Crippen LogP contribution in [0.3, 0.4) is 0 Å². The molecule has 2 aromatic carbocycles. The molecule has 1 unspecified atom stereocenters. The fourth-order valence-corrected chi connectivity index (χ4v) is 2.96. The minimum Gasteiger partial charge on any atom is -0.508 e. The standard InChI is InChI=1S/C17H18FNO/c1-11(12-5-7-13(18)8-6-12)19-16-10-9-15-14(16)3-2-4-17(15)20/h2-8,11,16,19-20H,9-10H2,1H3/t11-,16?/m0/s1. The molecule has 0 aromatic heterocycles. The monoisotopic (exact) mass is 271 g/mol. The summed E-state index contributed by atoms with van der Waals surface area (Å²) in [5.41, 5.74) is 3.30. The summed E-state index contributed by atoms with van der Waals surface area (Å²) in [5.74, 6) is 0.179. The second-order valence-electron chi connectivity index (χ2n) is 5.38. The molecule has 0 bridgehead atoms. The highest BCUT2D eigenvalue weighted by Gasteiger charge is 2.25. The van der Waals surface area contributed by atoms with Gasteiger partial charge in [-0.1, -0.05) is 24.3 Å². The Morgan fingerprint density at radius 3 is 2.70 bits per heavy atom. The van der Waals surface area contributed by atoms with Crippen LogP contribution < -0.4 is 5.32 Å². The van der Waals surface area contributed by atoms with E-state index in [1.807, 2.05) is 18.2 Å². The summed E-state index contributed by atoms with van der Waals surface area (Å²) in [6, 6.07) is 12.7. The molecule has 2 nitrogen and oxygen atoms in total. The summed E-state index contributed by atoms with van der Waals surface area (Å²) in [6.07, 6.45) is 1.88. The van der Waals surface area contributed by atoms with Gasteiger partial charge in [0, 0.05) is 12.1 Å². The van der Waals surface area contributed by atoms with E-state index in [-0.39, 0.29) is 17.9 Å². The van der Waals surface area contributed by atoms with E-state index in [2.05, 4.69) is 18.3 Å². The van der Waals surface area contributed by atoms with E-state index in [0.29, 0.717) is 5.75 Å². The second-order valence-corrected chi connectivity index (χ2v) is 5.38. The maximum absolute atomic E-state index is 12.9. The van der Waals surface area contributed by atoms with Crippen LogP contribution in [-0.4, -0.2) is 5.11 Å². The van der Waals surface area contributed by atoms with Crippen molar-refractivity contribution in [3.8, 4) is 5.75 Å². The molecule has 1 aliphatic rings. The summed E-state index contributed by atoms with van der Waals surface area (Å²) in [6.45, 7) is 2.08. The molecular formula is C17H18FNO. The van der Waals surface area contributed by atoms with Gasteiger partial charge in [-0.2, -0.15) is 0 Å². The zero-order chi connectivity index (χ0) is 14.1. The summed E-state index contributed by atoms with van der Waals surface area (Å²) in [5, 5.41) is 13.4. The average molecular weight is 271 g/mol. The molecule has 0 aliphatic heterocycles. The second kappa shape index (κ2) is 5.25. The number of phenolic OH excluding ortho intramolecular Hbond substituents is 1. The summed E-state index contributed by atoms with van der Waals surface area (Å²) in [7, 11) is 0. The quantitative estimate of drug-likeness (QED) is 0.888.